The Balaban J connectivity index is 2.73. The fourth-order valence-electron chi connectivity index (χ4n) is 1.32. The van der Waals surface area contributed by atoms with Crippen molar-refractivity contribution in [3.05, 3.63) is 41.6 Å². The van der Waals surface area contributed by atoms with Crippen LogP contribution in [0.25, 0.3) is 10.9 Å². The van der Waals surface area contributed by atoms with Crippen LogP contribution in [0.3, 0.4) is 0 Å². The van der Waals surface area contributed by atoms with E-state index in [1.54, 1.807) is 6.07 Å². The largest absolute Gasteiger partial charge is 0.298 e. The van der Waals surface area contributed by atoms with E-state index in [2.05, 4.69) is 4.98 Å². The number of hydrogen-bond acceptors (Lipinski definition) is 2. The molecule has 2 aromatic rings. The van der Waals surface area contributed by atoms with Crippen LogP contribution in [0.4, 0.5) is 0 Å². The Labute approximate surface area is 76.2 Å². The van der Waals surface area contributed by atoms with Crippen LogP contribution in [0.2, 0.25) is 0 Å². The molecule has 0 radical (unpaired) electrons. The summed E-state index contributed by atoms with van der Waals surface area (Å²) in [5.41, 5.74) is 2.62. The molecule has 1 aromatic carbocycles. The van der Waals surface area contributed by atoms with Gasteiger partial charge in [0.15, 0.2) is 0 Å². The average molecular weight is 171 g/mol. The molecule has 0 unspecified atom stereocenters. The van der Waals surface area contributed by atoms with Gasteiger partial charge in [0.25, 0.3) is 0 Å². The van der Waals surface area contributed by atoms with E-state index in [0.29, 0.717) is 5.56 Å². The lowest BCUT2D eigenvalue weighted by atomic mass is 10.1. The van der Waals surface area contributed by atoms with E-state index in [-0.39, 0.29) is 0 Å². The Kier molecular flexibility index (Phi) is 1.81. The Bertz CT molecular complexity index is 463. The smallest absolute Gasteiger partial charge is 0.150 e. The van der Waals surface area contributed by atoms with Crippen LogP contribution in [0.15, 0.2) is 30.3 Å². The van der Waals surface area contributed by atoms with E-state index in [1.807, 2.05) is 31.2 Å². The van der Waals surface area contributed by atoms with Crippen molar-refractivity contribution in [1.82, 2.24) is 4.98 Å². The Hall–Kier alpha value is -1.70. The molecule has 2 nitrogen and oxygen atoms in total. The number of aryl methyl sites for hydroxylation is 1. The normalized spacial score (nSPS) is 10.2. The molecule has 0 saturated carbocycles. The monoisotopic (exact) mass is 171 g/mol. The Morgan fingerprint density at radius 2 is 2.08 bits per heavy atom. The minimum atomic E-state index is 0.693. The maximum atomic E-state index is 10.5. The van der Waals surface area contributed by atoms with Crippen LogP contribution < -0.4 is 0 Å². The minimum absolute atomic E-state index is 0.693. The van der Waals surface area contributed by atoms with Gasteiger partial charge in [-0.1, -0.05) is 6.07 Å². The lowest BCUT2D eigenvalue weighted by molar-refractivity contribution is 0.112. The molecule has 0 fully saturated rings. The summed E-state index contributed by atoms with van der Waals surface area (Å²) in [6.45, 7) is 1.95. The molecule has 0 bridgehead atoms. The van der Waals surface area contributed by atoms with Crippen LogP contribution in [-0.4, -0.2) is 11.3 Å². The van der Waals surface area contributed by atoms with Crippen LogP contribution in [0.5, 0.6) is 0 Å². The molecule has 13 heavy (non-hydrogen) atoms. The van der Waals surface area contributed by atoms with Gasteiger partial charge in [0.05, 0.1) is 5.52 Å². The second-order valence-corrected chi connectivity index (χ2v) is 3.02. The van der Waals surface area contributed by atoms with Gasteiger partial charge in [0.2, 0.25) is 0 Å². The number of benzene rings is 1. The first-order valence-electron chi connectivity index (χ1n) is 4.12. The lowest BCUT2D eigenvalue weighted by Gasteiger charge is -1.98. The van der Waals surface area contributed by atoms with Crippen molar-refractivity contribution >= 4 is 17.2 Å². The third kappa shape index (κ3) is 1.43. The SMILES string of the molecule is Cc1ccc2cc(C=O)ccc2n1. The zero-order valence-corrected chi connectivity index (χ0v) is 7.32. The first-order chi connectivity index (χ1) is 6.29. The Morgan fingerprint density at radius 3 is 2.85 bits per heavy atom. The highest BCUT2D eigenvalue weighted by atomic mass is 16.1. The molecule has 1 heterocycles. The lowest BCUT2D eigenvalue weighted by Crippen LogP contribution is -1.85. The summed E-state index contributed by atoms with van der Waals surface area (Å²) in [5.74, 6) is 0. The molecule has 0 atom stereocenters. The highest BCUT2D eigenvalue weighted by Crippen LogP contribution is 2.13. The van der Waals surface area contributed by atoms with Gasteiger partial charge < -0.3 is 0 Å². The summed E-state index contributed by atoms with van der Waals surface area (Å²) >= 11 is 0. The summed E-state index contributed by atoms with van der Waals surface area (Å²) in [6.07, 6.45) is 0.847. The number of aromatic nitrogens is 1. The maximum Gasteiger partial charge on any atom is 0.150 e. The molecule has 0 aliphatic carbocycles. The number of fused-ring (bicyclic) bond motifs is 1. The zero-order chi connectivity index (χ0) is 9.26. The minimum Gasteiger partial charge on any atom is -0.298 e. The quantitative estimate of drug-likeness (QED) is 0.616. The summed E-state index contributed by atoms with van der Waals surface area (Å²) in [6, 6.07) is 9.41. The summed E-state index contributed by atoms with van der Waals surface area (Å²) in [7, 11) is 0. The van der Waals surface area contributed by atoms with E-state index in [4.69, 9.17) is 0 Å². The van der Waals surface area contributed by atoms with Gasteiger partial charge in [0.1, 0.15) is 6.29 Å². The van der Waals surface area contributed by atoms with Gasteiger partial charge in [-0.3, -0.25) is 9.78 Å². The summed E-state index contributed by atoms with van der Waals surface area (Å²) < 4.78 is 0. The fourth-order valence-corrected chi connectivity index (χ4v) is 1.32. The molecule has 0 aliphatic rings. The van der Waals surface area contributed by atoms with Crippen LogP contribution >= 0.6 is 0 Å². The van der Waals surface area contributed by atoms with Gasteiger partial charge in [-0.25, -0.2) is 0 Å². The number of rotatable bonds is 1. The number of pyridine rings is 1. The number of nitrogens with zero attached hydrogens (tertiary/aromatic N) is 1. The molecule has 1 aromatic heterocycles. The third-order valence-electron chi connectivity index (χ3n) is 1.99. The molecule has 0 amide bonds. The molecule has 0 N–H and O–H groups in total. The molecule has 2 heteroatoms. The number of hydrogen-bond donors (Lipinski definition) is 0. The molecule has 0 aliphatic heterocycles. The zero-order valence-electron chi connectivity index (χ0n) is 7.32. The van der Waals surface area contributed by atoms with Crippen molar-refractivity contribution in [2.75, 3.05) is 0 Å². The topological polar surface area (TPSA) is 30.0 Å². The molecule has 0 saturated heterocycles. The van der Waals surface area contributed by atoms with E-state index in [9.17, 15) is 4.79 Å². The first-order valence-corrected chi connectivity index (χ1v) is 4.12. The maximum absolute atomic E-state index is 10.5. The van der Waals surface area contributed by atoms with Crippen molar-refractivity contribution < 1.29 is 4.79 Å². The van der Waals surface area contributed by atoms with Crippen molar-refractivity contribution in [3.8, 4) is 0 Å². The second kappa shape index (κ2) is 2.98. The van der Waals surface area contributed by atoms with Crippen molar-refractivity contribution in [1.29, 1.82) is 0 Å². The van der Waals surface area contributed by atoms with Crippen molar-refractivity contribution in [3.63, 3.8) is 0 Å². The van der Waals surface area contributed by atoms with E-state index in [0.717, 1.165) is 22.9 Å². The van der Waals surface area contributed by atoms with Crippen LogP contribution in [-0.2, 0) is 0 Å². The third-order valence-corrected chi connectivity index (χ3v) is 1.99. The Morgan fingerprint density at radius 1 is 1.23 bits per heavy atom. The van der Waals surface area contributed by atoms with E-state index >= 15 is 0 Å². The van der Waals surface area contributed by atoms with Crippen molar-refractivity contribution in [2.45, 2.75) is 6.92 Å². The molecular weight excluding hydrogens is 162 g/mol. The predicted octanol–water partition coefficient (Wildman–Crippen LogP) is 2.36. The second-order valence-electron chi connectivity index (χ2n) is 3.02. The van der Waals surface area contributed by atoms with E-state index in [1.165, 1.54) is 0 Å². The first kappa shape index (κ1) is 7.92. The van der Waals surface area contributed by atoms with Gasteiger partial charge in [-0.05, 0) is 31.2 Å². The molecule has 2 rings (SSSR count). The molecule has 0 spiro atoms. The van der Waals surface area contributed by atoms with E-state index < -0.39 is 0 Å². The highest BCUT2D eigenvalue weighted by Gasteiger charge is 1.96. The number of aldehydes is 1. The number of carbonyl (C=O) groups excluding carboxylic acids is 1. The van der Waals surface area contributed by atoms with Crippen LogP contribution in [0.1, 0.15) is 16.1 Å². The van der Waals surface area contributed by atoms with Crippen LogP contribution in [0, 0.1) is 6.92 Å². The summed E-state index contributed by atoms with van der Waals surface area (Å²) in [4.78, 5) is 14.8. The fraction of sp³-hybridized carbons (Fsp3) is 0.0909. The number of carbonyl (C=O) groups is 1. The van der Waals surface area contributed by atoms with Gasteiger partial charge in [-0.2, -0.15) is 0 Å². The van der Waals surface area contributed by atoms with Crippen molar-refractivity contribution in [2.24, 2.45) is 0 Å². The predicted molar refractivity (Wildman–Crippen MR) is 51.9 cm³/mol. The highest BCUT2D eigenvalue weighted by molar-refractivity contribution is 5.86. The standard InChI is InChI=1S/C11H9NO/c1-8-2-4-10-6-9(7-13)3-5-11(10)12-8/h2-7H,1H3. The van der Waals surface area contributed by atoms with Gasteiger partial charge in [0, 0.05) is 16.6 Å². The van der Waals surface area contributed by atoms with Gasteiger partial charge >= 0.3 is 0 Å². The van der Waals surface area contributed by atoms with Gasteiger partial charge in [-0.15, -0.1) is 0 Å². The molecule has 64 valence electrons. The average Bonchev–Trinajstić information content (AvgIpc) is 2.17. The molecular formula is C11H9NO. The summed E-state index contributed by atoms with van der Waals surface area (Å²) in [5, 5.41) is 1.01.